The van der Waals surface area contributed by atoms with Gasteiger partial charge < -0.3 is 10.2 Å². The number of anilines is 1. The maximum absolute atomic E-state index is 13.7. The van der Waals surface area contributed by atoms with Crippen LogP contribution < -0.4 is 9.62 Å². The number of aryl methyl sites for hydroxylation is 1. The average Bonchev–Trinajstić information content (AvgIpc) is 2.79. The number of carbonyl (C=O) groups excluding carboxylic acids is 2. The van der Waals surface area contributed by atoms with Crippen LogP contribution in [0.3, 0.4) is 0 Å². The molecule has 0 aliphatic rings. The van der Waals surface area contributed by atoms with Crippen molar-refractivity contribution in [1.82, 2.24) is 10.2 Å². The van der Waals surface area contributed by atoms with E-state index in [9.17, 15) is 18.0 Å². The smallest absolute Gasteiger partial charge is 0.244 e. The van der Waals surface area contributed by atoms with Crippen LogP contribution in [-0.4, -0.2) is 50.5 Å². The van der Waals surface area contributed by atoms with Crippen LogP contribution in [0.25, 0.3) is 0 Å². The Kier molecular flexibility index (Phi) is 10.9. The van der Waals surface area contributed by atoms with E-state index in [2.05, 4.69) is 5.32 Å². The van der Waals surface area contributed by atoms with Crippen LogP contribution in [0.4, 0.5) is 5.69 Å². The molecule has 10 heteroatoms. The number of nitrogens with one attached hydrogen (secondary N) is 1. The van der Waals surface area contributed by atoms with Gasteiger partial charge in [0.2, 0.25) is 21.8 Å². The van der Waals surface area contributed by atoms with Gasteiger partial charge in [0.1, 0.15) is 12.6 Å². The molecule has 0 spiro atoms. The van der Waals surface area contributed by atoms with Crippen molar-refractivity contribution in [3.8, 4) is 0 Å². The van der Waals surface area contributed by atoms with Gasteiger partial charge in [0.15, 0.2) is 0 Å². The first-order valence-electron chi connectivity index (χ1n) is 11.5. The summed E-state index contributed by atoms with van der Waals surface area (Å²) in [7, 11) is -3.84. The Morgan fingerprint density at radius 1 is 1.06 bits per heavy atom. The van der Waals surface area contributed by atoms with E-state index in [1.807, 2.05) is 45.0 Å². The highest BCUT2D eigenvalue weighted by Gasteiger charge is 2.32. The van der Waals surface area contributed by atoms with E-state index in [1.54, 1.807) is 0 Å². The van der Waals surface area contributed by atoms with Gasteiger partial charge in [-0.2, -0.15) is 0 Å². The summed E-state index contributed by atoms with van der Waals surface area (Å²) < 4.78 is 26.3. The number of hydrogen-bond donors (Lipinski definition) is 1. The quantitative estimate of drug-likeness (QED) is 0.391. The van der Waals surface area contributed by atoms with Gasteiger partial charge in [-0.3, -0.25) is 13.9 Å². The van der Waals surface area contributed by atoms with E-state index >= 15 is 0 Å². The van der Waals surface area contributed by atoms with Gasteiger partial charge in [-0.05, 0) is 49.1 Å². The van der Waals surface area contributed by atoms with Crippen molar-refractivity contribution in [2.75, 3.05) is 23.7 Å². The fourth-order valence-corrected chi connectivity index (χ4v) is 4.78. The van der Waals surface area contributed by atoms with Crippen LogP contribution in [0.1, 0.15) is 44.2 Å². The van der Waals surface area contributed by atoms with Crippen molar-refractivity contribution in [3.05, 3.63) is 63.6 Å². The standard InChI is InChI=1S/C25H33Cl2N3O4S/c1-5-7-14-28-25(32)23(6-2)29(16-19-11-9-8-10-18(19)3)24(31)17-30(35(4,33)34)20-12-13-21(26)22(27)15-20/h8-13,15,23H,5-7,14,16-17H2,1-4H3,(H,28,32)/t23-/m1/s1. The predicted octanol–water partition coefficient (Wildman–Crippen LogP) is 4.79. The number of amides is 2. The number of sulfonamides is 1. The van der Waals surface area contributed by atoms with Gasteiger partial charge in [-0.25, -0.2) is 8.42 Å². The first-order valence-corrected chi connectivity index (χ1v) is 14.1. The van der Waals surface area contributed by atoms with Crippen LogP contribution in [0, 0.1) is 6.92 Å². The first kappa shape index (κ1) is 28.9. The molecule has 0 aliphatic heterocycles. The number of hydrogen-bond acceptors (Lipinski definition) is 4. The highest BCUT2D eigenvalue weighted by Crippen LogP contribution is 2.28. The summed E-state index contributed by atoms with van der Waals surface area (Å²) in [5.41, 5.74) is 2.06. The lowest BCUT2D eigenvalue weighted by Gasteiger charge is -2.33. The molecule has 0 aliphatic carbocycles. The van der Waals surface area contributed by atoms with Crippen LogP contribution in [-0.2, 0) is 26.2 Å². The van der Waals surface area contributed by atoms with Gasteiger partial charge in [0.05, 0.1) is 22.0 Å². The molecule has 2 rings (SSSR count). The molecule has 0 heterocycles. The van der Waals surface area contributed by atoms with Gasteiger partial charge in [-0.1, -0.05) is 67.7 Å². The zero-order valence-electron chi connectivity index (χ0n) is 20.6. The second-order valence-electron chi connectivity index (χ2n) is 8.38. The minimum Gasteiger partial charge on any atom is -0.354 e. The molecule has 0 saturated carbocycles. The second-order valence-corrected chi connectivity index (χ2v) is 11.1. The third kappa shape index (κ3) is 8.12. The first-order chi connectivity index (χ1) is 16.5. The number of carbonyl (C=O) groups is 2. The molecule has 0 bridgehead atoms. The molecular formula is C25H33Cl2N3O4S. The molecule has 35 heavy (non-hydrogen) atoms. The summed E-state index contributed by atoms with van der Waals surface area (Å²) in [6, 6.07) is 11.2. The lowest BCUT2D eigenvalue weighted by atomic mass is 10.1. The van der Waals surface area contributed by atoms with Crippen molar-refractivity contribution in [1.29, 1.82) is 0 Å². The highest BCUT2D eigenvalue weighted by atomic mass is 35.5. The summed E-state index contributed by atoms with van der Waals surface area (Å²) in [6.07, 6.45) is 3.15. The minimum atomic E-state index is -3.84. The van der Waals surface area contributed by atoms with Gasteiger partial charge in [-0.15, -0.1) is 0 Å². The lowest BCUT2D eigenvalue weighted by molar-refractivity contribution is -0.140. The van der Waals surface area contributed by atoms with E-state index in [0.29, 0.717) is 13.0 Å². The zero-order valence-corrected chi connectivity index (χ0v) is 22.9. The highest BCUT2D eigenvalue weighted by molar-refractivity contribution is 7.92. The maximum atomic E-state index is 13.7. The van der Waals surface area contributed by atoms with Gasteiger partial charge in [0, 0.05) is 13.1 Å². The topological polar surface area (TPSA) is 86.8 Å². The van der Waals surface area contributed by atoms with E-state index in [1.165, 1.54) is 23.1 Å². The molecule has 2 aromatic carbocycles. The fourth-order valence-electron chi connectivity index (χ4n) is 3.65. The van der Waals surface area contributed by atoms with E-state index in [4.69, 9.17) is 23.2 Å². The minimum absolute atomic E-state index is 0.170. The Morgan fingerprint density at radius 3 is 2.31 bits per heavy atom. The number of halogens is 2. The zero-order chi connectivity index (χ0) is 26.2. The molecule has 192 valence electrons. The Balaban J connectivity index is 2.43. The summed E-state index contributed by atoms with van der Waals surface area (Å²) >= 11 is 12.1. The average molecular weight is 543 g/mol. The molecular weight excluding hydrogens is 509 g/mol. The maximum Gasteiger partial charge on any atom is 0.244 e. The number of nitrogens with zero attached hydrogens (tertiary/aromatic N) is 2. The predicted molar refractivity (Wildman–Crippen MR) is 142 cm³/mol. The van der Waals surface area contributed by atoms with Crippen LogP contribution >= 0.6 is 23.2 Å². The third-order valence-electron chi connectivity index (χ3n) is 5.69. The van der Waals surface area contributed by atoms with Gasteiger partial charge in [0.25, 0.3) is 0 Å². The molecule has 7 nitrogen and oxygen atoms in total. The van der Waals surface area contributed by atoms with E-state index in [-0.39, 0.29) is 28.2 Å². The van der Waals surface area contributed by atoms with Crippen LogP contribution in [0.15, 0.2) is 42.5 Å². The van der Waals surface area contributed by atoms with E-state index in [0.717, 1.165) is 34.5 Å². The Morgan fingerprint density at radius 2 is 1.74 bits per heavy atom. The molecule has 1 atom stereocenters. The van der Waals surface area contributed by atoms with Crippen molar-refractivity contribution in [2.45, 2.75) is 52.6 Å². The van der Waals surface area contributed by atoms with Crippen molar-refractivity contribution < 1.29 is 18.0 Å². The normalized spacial score (nSPS) is 12.2. The molecule has 0 aromatic heterocycles. The van der Waals surface area contributed by atoms with E-state index < -0.39 is 28.5 Å². The molecule has 2 amide bonds. The van der Waals surface area contributed by atoms with Crippen molar-refractivity contribution in [3.63, 3.8) is 0 Å². The lowest BCUT2D eigenvalue weighted by Crippen LogP contribution is -2.52. The van der Waals surface area contributed by atoms with Crippen LogP contribution in [0.2, 0.25) is 10.0 Å². The van der Waals surface area contributed by atoms with Gasteiger partial charge >= 0.3 is 0 Å². The van der Waals surface area contributed by atoms with Crippen LogP contribution in [0.5, 0.6) is 0 Å². The second kappa shape index (κ2) is 13.1. The number of unbranched alkanes of at least 4 members (excludes halogenated alkanes) is 1. The number of rotatable bonds is 12. The largest absolute Gasteiger partial charge is 0.354 e. The summed E-state index contributed by atoms with van der Waals surface area (Å²) in [5, 5.41) is 3.34. The molecule has 0 radical (unpaired) electrons. The third-order valence-corrected chi connectivity index (χ3v) is 7.57. The molecule has 0 fully saturated rings. The molecule has 2 aromatic rings. The summed E-state index contributed by atoms with van der Waals surface area (Å²) in [5.74, 6) is -0.759. The van der Waals surface area contributed by atoms with Crippen molar-refractivity contribution in [2.24, 2.45) is 0 Å². The summed E-state index contributed by atoms with van der Waals surface area (Å²) in [6.45, 7) is 5.98. The van der Waals surface area contributed by atoms with Crippen molar-refractivity contribution >= 4 is 50.7 Å². The fraction of sp³-hybridized carbons (Fsp3) is 0.440. The Hall–Kier alpha value is -2.29. The SMILES string of the molecule is CCCCNC(=O)[C@@H](CC)N(Cc1ccccc1C)C(=O)CN(c1ccc(Cl)c(Cl)c1)S(C)(=O)=O. The summed E-state index contributed by atoms with van der Waals surface area (Å²) in [4.78, 5) is 28.2. The Bertz CT molecular complexity index is 1140. The molecule has 0 unspecified atom stereocenters. The molecule has 0 saturated heterocycles. The molecule has 1 N–H and O–H groups in total. The monoisotopic (exact) mass is 541 g/mol. The number of benzene rings is 2. The Labute approximate surface area is 218 Å².